The summed E-state index contributed by atoms with van der Waals surface area (Å²) in [6.45, 7) is 0.683. The Labute approximate surface area is 127 Å². The van der Waals surface area contributed by atoms with Crippen LogP contribution < -0.4 is 5.73 Å². The molecule has 2 N–H and O–H groups in total. The van der Waals surface area contributed by atoms with E-state index in [0.717, 1.165) is 0 Å². The van der Waals surface area contributed by atoms with Crippen LogP contribution in [-0.4, -0.2) is 26.6 Å². The zero-order chi connectivity index (χ0) is 15.0. The summed E-state index contributed by atoms with van der Waals surface area (Å²) >= 11 is 12.2. The first-order valence-corrected chi connectivity index (χ1v) is 6.78. The SMILES string of the molecule is COCOCCC[C@@H](OC(N)=O)c1c(Cl)cccc1Cl. The summed E-state index contributed by atoms with van der Waals surface area (Å²) in [7, 11) is 1.54. The van der Waals surface area contributed by atoms with Crippen LogP contribution in [0.15, 0.2) is 18.2 Å². The number of primary amides is 1. The Morgan fingerprint density at radius 3 is 2.55 bits per heavy atom. The van der Waals surface area contributed by atoms with Crippen LogP contribution in [0.5, 0.6) is 0 Å². The highest BCUT2D eigenvalue weighted by Gasteiger charge is 2.21. The molecule has 0 radical (unpaired) electrons. The third-order valence-corrected chi connectivity index (χ3v) is 3.20. The molecule has 1 aromatic rings. The number of methoxy groups -OCH3 is 1. The summed E-state index contributed by atoms with van der Waals surface area (Å²) in [6, 6.07) is 5.08. The molecular formula is C13H17Cl2NO4. The number of hydrogen-bond acceptors (Lipinski definition) is 4. The highest BCUT2D eigenvalue weighted by molar-refractivity contribution is 6.36. The molecule has 0 spiro atoms. The summed E-state index contributed by atoms with van der Waals surface area (Å²) in [5.74, 6) is 0. The van der Waals surface area contributed by atoms with Crippen molar-refractivity contribution in [2.75, 3.05) is 20.5 Å². The van der Waals surface area contributed by atoms with Crippen molar-refractivity contribution in [3.05, 3.63) is 33.8 Å². The Kier molecular flexibility index (Phi) is 7.69. The van der Waals surface area contributed by atoms with Gasteiger partial charge in [0.1, 0.15) is 12.9 Å². The van der Waals surface area contributed by atoms with Crippen LogP contribution in [0.25, 0.3) is 0 Å². The molecule has 0 aliphatic heterocycles. The highest BCUT2D eigenvalue weighted by Crippen LogP contribution is 2.34. The Bertz CT molecular complexity index is 422. The Morgan fingerprint density at radius 2 is 2.00 bits per heavy atom. The lowest BCUT2D eigenvalue weighted by Crippen LogP contribution is -2.18. The Balaban J connectivity index is 2.71. The fourth-order valence-corrected chi connectivity index (χ4v) is 2.37. The molecule has 1 atom stereocenters. The molecule has 0 aliphatic rings. The Morgan fingerprint density at radius 1 is 1.35 bits per heavy atom. The predicted molar refractivity (Wildman–Crippen MR) is 76.9 cm³/mol. The van der Waals surface area contributed by atoms with Gasteiger partial charge in [0.05, 0.1) is 0 Å². The first-order valence-electron chi connectivity index (χ1n) is 6.03. The molecule has 0 bridgehead atoms. The number of rotatable bonds is 8. The van der Waals surface area contributed by atoms with Crippen LogP contribution in [0.4, 0.5) is 4.79 Å². The standard InChI is InChI=1S/C13H17Cl2NO4/c1-18-8-19-7-3-6-11(20-13(16)17)12-9(14)4-2-5-10(12)15/h2,4-5,11H,3,6-8H2,1H3,(H2,16,17)/t11-/m1/s1. The number of carbonyl (C=O) groups excluding carboxylic acids is 1. The number of carbonyl (C=O) groups is 1. The quantitative estimate of drug-likeness (QED) is 0.587. The van der Waals surface area contributed by atoms with E-state index < -0.39 is 12.2 Å². The van der Waals surface area contributed by atoms with Crippen LogP contribution in [0.2, 0.25) is 10.0 Å². The van der Waals surface area contributed by atoms with Gasteiger partial charge in [-0.2, -0.15) is 0 Å². The Hall–Kier alpha value is -1.01. The fourth-order valence-electron chi connectivity index (χ4n) is 1.73. The summed E-state index contributed by atoms with van der Waals surface area (Å²) in [4.78, 5) is 11.0. The lowest BCUT2D eigenvalue weighted by atomic mass is 10.0. The maximum absolute atomic E-state index is 11.0. The van der Waals surface area contributed by atoms with Crippen LogP contribution in [0.3, 0.4) is 0 Å². The number of ether oxygens (including phenoxy) is 3. The molecule has 0 saturated carbocycles. The van der Waals surface area contributed by atoms with Crippen LogP contribution in [-0.2, 0) is 14.2 Å². The fraction of sp³-hybridized carbons (Fsp3) is 0.462. The number of benzene rings is 1. The van der Waals surface area contributed by atoms with E-state index >= 15 is 0 Å². The van der Waals surface area contributed by atoms with Crippen molar-refractivity contribution in [1.82, 2.24) is 0 Å². The van der Waals surface area contributed by atoms with Crippen molar-refractivity contribution < 1.29 is 19.0 Å². The largest absolute Gasteiger partial charge is 0.441 e. The minimum Gasteiger partial charge on any atom is -0.441 e. The van der Waals surface area contributed by atoms with E-state index in [1.165, 1.54) is 0 Å². The topological polar surface area (TPSA) is 70.8 Å². The summed E-state index contributed by atoms with van der Waals surface area (Å²) < 4.78 is 15.0. The molecule has 0 saturated heterocycles. The summed E-state index contributed by atoms with van der Waals surface area (Å²) in [6.07, 6.45) is -0.331. The lowest BCUT2D eigenvalue weighted by molar-refractivity contribution is -0.0340. The molecule has 1 amide bonds. The van der Waals surface area contributed by atoms with Gasteiger partial charge >= 0.3 is 6.09 Å². The molecule has 0 aliphatic carbocycles. The molecule has 7 heteroatoms. The molecule has 0 unspecified atom stereocenters. The minimum absolute atomic E-state index is 0.216. The molecule has 5 nitrogen and oxygen atoms in total. The third kappa shape index (κ3) is 5.54. The second-order valence-corrected chi connectivity index (χ2v) is 4.83. The van der Waals surface area contributed by atoms with E-state index in [1.807, 2.05) is 0 Å². The van der Waals surface area contributed by atoms with Gasteiger partial charge in [-0.1, -0.05) is 29.3 Å². The van der Waals surface area contributed by atoms with E-state index in [1.54, 1.807) is 25.3 Å². The van der Waals surface area contributed by atoms with Crippen LogP contribution in [0, 0.1) is 0 Å². The van der Waals surface area contributed by atoms with Gasteiger partial charge < -0.3 is 19.9 Å². The second-order valence-electron chi connectivity index (χ2n) is 4.02. The van der Waals surface area contributed by atoms with Gasteiger partial charge in [0.15, 0.2) is 0 Å². The molecule has 20 heavy (non-hydrogen) atoms. The number of nitrogens with two attached hydrogens (primary N) is 1. The van der Waals surface area contributed by atoms with Gasteiger partial charge in [-0.05, 0) is 25.0 Å². The molecule has 0 heterocycles. The third-order valence-electron chi connectivity index (χ3n) is 2.54. The van der Waals surface area contributed by atoms with Crippen molar-refractivity contribution in [2.24, 2.45) is 5.73 Å². The van der Waals surface area contributed by atoms with Crippen LogP contribution in [0.1, 0.15) is 24.5 Å². The first-order chi connectivity index (χ1) is 9.56. The average molecular weight is 322 g/mol. The molecule has 1 aromatic carbocycles. The number of halogens is 2. The average Bonchev–Trinajstić information content (AvgIpc) is 2.37. The second kappa shape index (κ2) is 9.02. The highest BCUT2D eigenvalue weighted by atomic mass is 35.5. The van der Waals surface area contributed by atoms with Crippen molar-refractivity contribution in [2.45, 2.75) is 18.9 Å². The zero-order valence-electron chi connectivity index (χ0n) is 11.1. The van der Waals surface area contributed by atoms with Crippen LogP contribution >= 0.6 is 23.2 Å². The summed E-state index contributed by atoms with van der Waals surface area (Å²) in [5, 5.41) is 0.864. The molecule has 1 rings (SSSR count). The molecular weight excluding hydrogens is 305 g/mol. The van der Waals surface area contributed by atoms with Gasteiger partial charge in [0.2, 0.25) is 0 Å². The molecule has 0 fully saturated rings. The van der Waals surface area contributed by atoms with Gasteiger partial charge in [0.25, 0.3) is 0 Å². The first kappa shape index (κ1) is 17.0. The molecule has 0 aromatic heterocycles. The smallest absolute Gasteiger partial charge is 0.405 e. The van der Waals surface area contributed by atoms with Gasteiger partial charge in [-0.15, -0.1) is 0 Å². The van der Waals surface area contributed by atoms with E-state index in [0.29, 0.717) is 35.1 Å². The van der Waals surface area contributed by atoms with Crippen molar-refractivity contribution >= 4 is 29.3 Å². The van der Waals surface area contributed by atoms with E-state index in [4.69, 9.17) is 43.1 Å². The normalized spacial score (nSPS) is 12.2. The number of hydrogen-bond donors (Lipinski definition) is 1. The predicted octanol–water partition coefficient (Wildman–Crippen LogP) is 3.53. The van der Waals surface area contributed by atoms with Crippen molar-refractivity contribution in [1.29, 1.82) is 0 Å². The monoisotopic (exact) mass is 321 g/mol. The maximum atomic E-state index is 11.0. The van der Waals surface area contributed by atoms with Crippen molar-refractivity contribution in [3.8, 4) is 0 Å². The van der Waals surface area contributed by atoms with Gasteiger partial charge in [-0.25, -0.2) is 4.79 Å². The number of amides is 1. The maximum Gasteiger partial charge on any atom is 0.405 e. The van der Waals surface area contributed by atoms with E-state index in [-0.39, 0.29) is 6.79 Å². The minimum atomic E-state index is -0.871. The van der Waals surface area contributed by atoms with Gasteiger partial charge in [-0.3, -0.25) is 0 Å². The van der Waals surface area contributed by atoms with E-state index in [9.17, 15) is 4.79 Å². The summed E-state index contributed by atoms with van der Waals surface area (Å²) in [5.41, 5.74) is 5.64. The van der Waals surface area contributed by atoms with E-state index in [2.05, 4.69) is 0 Å². The van der Waals surface area contributed by atoms with Crippen molar-refractivity contribution in [3.63, 3.8) is 0 Å². The van der Waals surface area contributed by atoms with Gasteiger partial charge in [0, 0.05) is 29.3 Å². The lowest BCUT2D eigenvalue weighted by Gasteiger charge is -2.19. The zero-order valence-corrected chi connectivity index (χ0v) is 12.6. The molecule has 112 valence electrons.